The predicted octanol–water partition coefficient (Wildman–Crippen LogP) is 0.0959. The Morgan fingerprint density at radius 3 is 2.74 bits per heavy atom. The molecule has 0 saturated carbocycles. The van der Waals surface area contributed by atoms with Crippen LogP contribution < -0.4 is 4.72 Å². The SMILES string of the molecule is O=S1(=O)CCCC(NS(=O)(=O)c2ccc(CO)s2)C1. The number of hydrogen-bond donors (Lipinski definition) is 2. The molecule has 0 bridgehead atoms. The Labute approximate surface area is 116 Å². The average Bonchev–Trinajstić information content (AvgIpc) is 2.76. The highest BCUT2D eigenvalue weighted by atomic mass is 32.2. The number of aliphatic hydroxyl groups is 1. The van der Waals surface area contributed by atoms with Gasteiger partial charge in [0.2, 0.25) is 10.0 Å². The van der Waals surface area contributed by atoms with Crippen molar-refractivity contribution in [2.75, 3.05) is 11.5 Å². The third-order valence-corrected chi connectivity index (χ3v) is 7.75. The van der Waals surface area contributed by atoms with E-state index in [2.05, 4.69) is 4.72 Å². The molecule has 1 aliphatic rings. The lowest BCUT2D eigenvalue weighted by Crippen LogP contribution is -2.42. The number of aliphatic hydroxyl groups excluding tert-OH is 1. The summed E-state index contributed by atoms with van der Waals surface area (Å²) in [6, 6.07) is 2.38. The van der Waals surface area contributed by atoms with E-state index in [4.69, 9.17) is 5.11 Å². The molecule has 1 unspecified atom stereocenters. The summed E-state index contributed by atoms with van der Waals surface area (Å²) in [5.74, 6) is -0.0245. The molecule has 1 aromatic rings. The standard InChI is InChI=1S/C10H15NO5S3/c12-6-9-3-4-10(17-9)19(15,16)11-8-2-1-5-18(13,14)7-8/h3-4,8,11-12H,1-2,5-7H2. The molecule has 2 rings (SSSR count). The lowest BCUT2D eigenvalue weighted by molar-refractivity contribution is 0.285. The Morgan fingerprint density at radius 1 is 1.42 bits per heavy atom. The van der Waals surface area contributed by atoms with Gasteiger partial charge in [-0.3, -0.25) is 0 Å². The molecule has 1 atom stereocenters. The molecule has 1 fully saturated rings. The first-order valence-electron chi connectivity index (χ1n) is 5.75. The minimum absolute atomic E-state index is 0.0968. The van der Waals surface area contributed by atoms with E-state index < -0.39 is 25.9 Å². The number of sulfone groups is 1. The van der Waals surface area contributed by atoms with Crippen molar-refractivity contribution in [2.45, 2.75) is 29.7 Å². The van der Waals surface area contributed by atoms with Gasteiger partial charge in [0.1, 0.15) is 4.21 Å². The molecule has 2 heterocycles. The van der Waals surface area contributed by atoms with E-state index in [1.807, 2.05) is 0 Å². The highest BCUT2D eigenvalue weighted by Gasteiger charge is 2.29. The van der Waals surface area contributed by atoms with Gasteiger partial charge in [-0.05, 0) is 25.0 Å². The van der Waals surface area contributed by atoms with Crippen molar-refractivity contribution in [3.63, 3.8) is 0 Å². The molecular weight excluding hydrogens is 310 g/mol. The first kappa shape index (κ1) is 14.9. The lowest BCUT2D eigenvalue weighted by Gasteiger charge is -2.22. The third kappa shape index (κ3) is 3.76. The molecule has 0 aliphatic carbocycles. The smallest absolute Gasteiger partial charge is 0.250 e. The van der Waals surface area contributed by atoms with Gasteiger partial charge in [0.25, 0.3) is 0 Å². The van der Waals surface area contributed by atoms with Gasteiger partial charge >= 0.3 is 0 Å². The molecule has 1 aliphatic heterocycles. The van der Waals surface area contributed by atoms with E-state index in [1.54, 1.807) is 0 Å². The molecule has 19 heavy (non-hydrogen) atoms. The van der Waals surface area contributed by atoms with Crippen molar-refractivity contribution < 1.29 is 21.9 Å². The van der Waals surface area contributed by atoms with E-state index in [9.17, 15) is 16.8 Å². The second-order valence-electron chi connectivity index (χ2n) is 4.45. The van der Waals surface area contributed by atoms with Gasteiger partial charge in [-0.1, -0.05) is 0 Å². The summed E-state index contributed by atoms with van der Waals surface area (Å²) in [7, 11) is -6.86. The van der Waals surface area contributed by atoms with E-state index >= 15 is 0 Å². The highest BCUT2D eigenvalue weighted by molar-refractivity contribution is 7.92. The molecule has 1 saturated heterocycles. The Bertz CT molecular complexity index is 646. The fourth-order valence-electron chi connectivity index (χ4n) is 1.98. The van der Waals surface area contributed by atoms with Crippen LogP contribution in [0.5, 0.6) is 0 Å². The molecule has 108 valence electrons. The summed E-state index contributed by atoms with van der Waals surface area (Å²) in [4.78, 5) is 0.552. The summed E-state index contributed by atoms with van der Waals surface area (Å²) in [6.07, 6.45) is 0.999. The Morgan fingerprint density at radius 2 is 2.16 bits per heavy atom. The molecule has 9 heteroatoms. The summed E-state index contributed by atoms with van der Waals surface area (Å²) >= 11 is 0.978. The molecule has 0 amide bonds. The van der Waals surface area contributed by atoms with Gasteiger partial charge < -0.3 is 5.11 Å². The molecule has 6 nitrogen and oxygen atoms in total. The monoisotopic (exact) mass is 325 g/mol. The van der Waals surface area contributed by atoms with Crippen molar-refractivity contribution in [3.05, 3.63) is 17.0 Å². The van der Waals surface area contributed by atoms with E-state index in [0.29, 0.717) is 17.7 Å². The predicted molar refractivity (Wildman–Crippen MR) is 72.2 cm³/mol. The van der Waals surface area contributed by atoms with Gasteiger partial charge in [-0.2, -0.15) is 0 Å². The topological polar surface area (TPSA) is 101 Å². The third-order valence-electron chi connectivity index (χ3n) is 2.84. The van der Waals surface area contributed by atoms with E-state index in [0.717, 1.165) is 11.3 Å². The zero-order valence-corrected chi connectivity index (χ0v) is 12.5. The maximum Gasteiger partial charge on any atom is 0.250 e. The second-order valence-corrected chi connectivity index (χ2v) is 9.79. The molecular formula is C10H15NO5S3. The molecule has 0 aromatic carbocycles. The minimum Gasteiger partial charge on any atom is -0.391 e. The van der Waals surface area contributed by atoms with Crippen LogP contribution in [0.1, 0.15) is 17.7 Å². The van der Waals surface area contributed by atoms with Gasteiger partial charge in [0.05, 0.1) is 18.1 Å². The average molecular weight is 325 g/mol. The van der Waals surface area contributed by atoms with Crippen LogP contribution in [0.4, 0.5) is 0 Å². The van der Waals surface area contributed by atoms with Crippen LogP contribution in [0.15, 0.2) is 16.3 Å². The number of nitrogens with one attached hydrogen (secondary N) is 1. The summed E-state index contributed by atoms with van der Waals surface area (Å²) in [5, 5.41) is 8.92. The Balaban J connectivity index is 2.13. The summed E-state index contributed by atoms with van der Waals surface area (Å²) in [6.45, 7) is -0.210. The fourth-order valence-corrected chi connectivity index (χ4v) is 6.23. The van der Waals surface area contributed by atoms with E-state index in [1.165, 1.54) is 12.1 Å². The van der Waals surface area contributed by atoms with Crippen molar-refractivity contribution in [1.82, 2.24) is 4.72 Å². The second kappa shape index (κ2) is 5.49. The Hall–Kier alpha value is -0.480. The largest absolute Gasteiger partial charge is 0.391 e. The zero-order chi connectivity index (χ0) is 14.1. The molecule has 0 spiro atoms. The van der Waals surface area contributed by atoms with Crippen molar-refractivity contribution in [1.29, 1.82) is 0 Å². The van der Waals surface area contributed by atoms with Gasteiger partial charge in [0, 0.05) is 10.9 Å². The maximum absolute atomic E-state index is 12.1. The van der Waals surface area contributed by atoms with Crippen LogP contribution >= 0.6 is 11.3 Å². The number of hydrogen-bond acceptors (Lipinski definition) is 6. The highest BCUT2D eigenvalue weighted by Crippen LogP contribution is 2.23. The number of rotatable bonds is 4. The maximum atomic E-state index is 12.1. The van der Waals surface area contributed by atoms with Crippen LogP contribution in [0.25, 0.3) is 0 Å². The zero-order valence-electron chi connectivity index (χ0n) is 10.1. The number of thiophene rings is 1. The Kier molecular flexibility index (Phi) is 4.31. The van der Waals surface area contributed by atoms with Crippen molar-refractivity contribution in [2.24, 2.45) is 0 Å². The van der Waals surface area contributed by atoms with Gasteiger partial charge in [0.15, 0.2) is 9.84 Å². The van der Waals surface area contributed by atoms with Crippen LogP contribution in [0, 0.1) is 0 Å². The van der Waals surface area contributed by atoms with Crippen LogP contribution in [-0.2, 0) is 26.5 Å². The van der Waals surface area contributed by atoms with Gasteiger partial charge in [-0.25, -0.2) is 21.6 Å². The van der Waals surface area contributed by atoms with Crippen LogP contribution in [0.2, 0.25) is 0 Å². The van der Waals surface area contributed by atoms with Gasteiger partial charge in [-0.15, -0.1) is 11.3 Å². The first-order valence-corrected chi connectivity index (χ1v) is 9.87. The van der Waals surface area contributed by atoms with Crippen molar-refractivity contribution >= 4 is 31.2 Å². The number of sulfonamides is 1. The summed E-state index contributed by atoms with van der Waals surface area (Å²) in [5.41, 5.74) is 0. The molecule has 2 N–H and O–H groups in total. The van der Waals surface area contributed by atoms with Crippen LogP contribution in [-0.4, -0.2) is 39.5 Å². The lowest BCUT2D eigenvalue weighted by atomic mass is 10.2. The molecule has 1 aromatic heterocycles. The van der Waals surface area contributed by atoms with Crippen molar-refractivity contribution in [3.8, 4) is 0 Å². The minimum atomic E-state index is -3.71. The first-order chi connectivity index (χ1) is 8.82. The molecule has 0 radical (unpaired) electrons. The summed E-state index contributed by atoms with van der Waals surface area (Å²) < 4.78 is 49.6. The fraction of sp³-hybridized carbons (Fsp3) is 0.600. The van der Waals surface area contributed by atoms with Crippen LogP contribution in [0.3, 0.4) is 0 Å². The normalized spacial score (nSPS) is 23.3. The van der Waals surface area contributed by atoms with E-state index in [-0.39, 0.29) is 22.3 Å². The quantitative estimate of drug-likeness (QED) is 0.817.